The number of anilines is 1. The predicted octanol–water partition coefficient (Wildman–Crippen LogP) is 5.27. The normalized spacial score (nSPS) is 10.7. The first-order chi connectivity index (χ1) is 15.1. The monoisotopic (exact) mass is 447 g/mol. The summed E-state index contributed by atoms with van der Waals surface area (Å²) in [6.45, 7) is 2.44. The lowest BCUT2D eigenvalue weighted by atomic mass is 10.1. The van der Waals surface area contributed by atoms with E-state index in [2.05, 4.69) is 15.6 Å². The second-order valence-electron chi connectivity index (χ2n) is 6.98. The minimum atomic E-state index is -0.133. The van der Waals surface area contributed by atoms with E-state index in [1.807, 2.05) is 79.7 Å². The number of thiazole rings is 1. The Morgan fingerprint density at radius 3 is 2.58 bits per heavy atom. The van der Waals surface area contributed by atoms with E-state index in [4.69, 9.17) is 0 Å². The summed E-state index contributed by atoms with van der Waals surface area (Å²) in [4.78, 5) is 29.3. The Bertz CT molecular complexity index is 1220. The first-order valence-electron chi connectivity index (χ1n) is 9.79. The van der Waals surface area contributed by atoms with E-state index in [0.717, 1.165) is 31.4 Å². The Labute approximate surface area is 188 Å². The number of rotatable bonds is 7. The van der Waals surface area contributed by atoms with Gasteiger partial charge in [0.2, 0.25) is 5.91 Å². The van der Waals surface area contributed by atoms with Crippen molar-refractivity contribution < 1.29 is 9.59 Å². The summed E-state index contributed by atoms with van der Waals surface area (Å²) >= 11 is 2.93. The molecule has 3 aromatic carbocycles. The second kappa shape index (κ2) is 9.76. The van der Waals surface area contributed by atoms with Crippen LogP contribution in [0.2, 0.25) is 0 Å². The fourth-order valence-corrected chi connectivity index (χ4v) is 4.98. The molecule has 0 fully saturated rings. The van der Waals surface area contributed by atoms with Gasteiger partial charge in [0, 0.05) is 17.8 Å². The molecular weight excluding hydrogens is 426 g/mol. The minimum absolute atomic E-state index is 0.0284. The fraction of sp³-hybridized carbons (Fsp3) is 0.125. The van der Waals surface area contributed by atoms with E-state index in [9.17, 15) is 9.59 Å². The van der Waals surface area contributed by atoms with Gasteiger partial charge in [0.25, 0.3) is 5.91 Å². The third kappa shape index (κ3) is 5.51. The highest BCUT2D eigenvalue weighted by molar-refractivity contribution is 8.01. The molecule has 0 aliphatic rings. The van der Waals surface area contributed by atoms with Crippen LogP contribution in [0.5, 0.6) is 0 Å². The highest BCUT2D eigenvalue weighted by atomic mass is 32.2. The zero-order valence-corrected chi connectivity index (χ0v) is 18.6. The van der Waals surface area contributed by atoms with Gasteiger partial charge in [0.1, 0.15) is 0 Å². The van der Waals surface area contributed by atoms with Crippen molar-refractivity contribution in [2.45, 2.75) is 17.8 Å². The van der Waals surface area contributed by atoms with Gasteiger partial charge in [0.05, 0.1) is 16.0 Å². The molecule has 1 heterocycles. The number of hydrogen-bond acceptors (Lipinski definition) is 5. The Balaban J connectivity index is 1.35. The Kier molecular flexibility index (Phi) is 6.64. The summed E-state index contributed by atoms with van der Waals surface area (Å²) < 4.78 is 1.79. The molecular formula is C24H21N3O2S2. The maximum absolute atomic E-state index is 12.5. The lowest BCUT2D eigenvalue weighted by Gasteiger charge is -2.07. The summed E-state index contributed by atoms with van der Waals surface area (Å²) in [6.07, 6.45) is 0. The average molecular weight is 448 g/mol. The predicted molar refractivity (Wildman–Crippen MR) is 128 cm³/mol. The van der Waals surface area contributed by atoms with Crippen LogP contribution in [-0.4, -0.2) is 22.6 Å². The molecule has 1 aromatic heterocycles. The molecule has 2 amide bonds. The Morgan fingerprint density at radius 1 is 1.00 bits per heavy atom. The topological polar surface area (TPSA) is 71.1 Å². The first-order valence-corrected chi connectivity index (χ1v) is 11.6. The van der Waals surface area contributed by atoms with Crippen molar-refractivity contribution in [1.29, 1.82) is 0 Å². The highest BCUT2D eigenvalue weighted by Crippen LogP contribution is 2.31. The number of benzene rings is 3. The van der Waals surface area contributed by atoms with Crippen molar-refractivity contribution in [2.24, 2.45) is 0 Å². The molecule has 0 spiro atoms. The second-order valence-corrected chi connectivity index (χ2v) is 9.24. The van der Waals surface area contributed by atoms with Crippen LogP contribution < -0.4 is 10.6 Å². The average Bonchev–Trinajstić information content (AvgIpc) is 3.19. The quantitative estimate of drug-likeness (QED) is 0.379. The van der Waals surface area contributed by atoms with Gasteiger partial charge in [-0.15, -0.1) is 11.3 Å². The number of carbonyl (C=O) groups excluding carboxylic acids is 2. The van der Waals surface area contributed by atoms with Crippen LogP contribution in [0.15, 0.2) is 77.1 Å². The molecule has 0 unspecified atom stereocenters. The molecule has 0 bridgehead atoms. The van der Waals surface area contributed by atoms with Gasteiger partial charge < -0.3 is 10.6 Å². The van der Waals surface area contributed by atoms with Crippen molar-refractivity contribution in [3.63, 3.8) is 0 Å². The van der Waals surface area contributed by atoms with Gasteiger partial charge in [-0.1, -0.05) is 60.3 Å². The van der Waals surface area contributed by atoms with Crippen LogP contribution in [0.25, 0.3) is 10.2 Å². The van der Waals surface area contributed by atoms with E-state index in [1.54, 1.807) is 0 Å². The molecule has 4 rings (SSSR count). The van der Waals surface area contributed by atoms with Crippen molar-refractivity contribution in [3.8, 4) is 0 Å². The van der Waals surface area contributed by atoms with Crippen molar-refractivity contribution in [3.05, 3.63) is 89.5 Å². The van der Waals surface area contributed by atoms with E-state index < -0.39 is 0 Å². The molecule has 0 radical (unpaired) electrons. The molecule has 0 saturated carbocycles. The van der Waals surface area contributed by atoms with Gasteiger partial charge >= 0.3 is 0 Å². The van der Waals surface area contributed by atoms with Gasteiger partial charge in [-0.05, 0) is 42.3 Å². The summed E-state index contributed by atoms with van der Waals surface area (Å²) in [5.41, 5.74) is 4.24. The number of hydrogen-bond donors (Lipinski definition) is 2. The molecule has 0 saturated heterocycles. The number of aryl methyl sites for hydroxylation is 1. The van der Waals surface area contributed by atoms with Crippen molar-refractivity contribution in [1.82, 2.24) is 10.3 Å². The standard InChI is InChI=1S/C24H21N3O2S2/c1-16-7-5-6-10-19(16)23(29)26-18-11-12-20-21(13-18)31-24(27-20)30-15-22(28)25-14-17-8-3-2-4-9-17/h2-13H,14-15H2,1H3,(H,25,28)(H,26,29). The molecule has 2 N–H and O–H groups in total. The van der Waals surface area contributed by atoms with Crippen LogP contribution in [0.3, 0.4) is 0 Å². The number of aromatic nitrogens is 1. The molecule has 5 nitrogen and oxygen atoms in total. The van der Waals surface area contributed by atoms with E-state index in [-0.39, 0.29) is 11.8 Å². The van der Waals surface area contributed by atoms with Crippen molar-refractivity contribution in [2.75, 3.05) is 11.1 Å². The lowest BCUT2D eigenvalue weighted by molar-refractivity contribution is -0.118. The zero-order chi connectivity index (χ0) is 21.6. The first kappa shape index (κ1) is 21.1. The fourth-order valence-electron chi connectivity index (χ4n) is 3.04. The summed E-state index contributed by atoms with van der Waals surface area (Å²) in [5.74, 6) is 0.148. The summed E-state index contributed by atoms with van der Waals surface area (Å²) in [6, 6.07) is 23.0. The van der Waals surface area contributed by atoms with Crippen LogP contribution >= 0.6 is 23.1 Å². The van der Waals surface area contributed by atoms with Gasteiger partial charge in [0.15, 0.2) is 4.34 Å². The molecule has 0 atom stereocenters. The maximum atomic E-state index is 12.5. The minimum Gasteiger partial charge on any atom is -0.351 e. The van der Waals surface area contributed by atoms with Crippen LogP contribution in [0, 0.1) is 6.92 Å². The van der Waals surface area contributed by atoms with Crippen LogP contribution in [0.4, 0.5) is 5.69 Å². The van der Waals surface area contributed by atoms with E-state index >= 15 is 0 Å². The SMILES string of the molecule is Cc1ccccc1C(=O)Nc1ccc2nc(SCC(=O)NCc3ccccc3)sc2c1. The molecule has 0 aliphatic carbocycles. The number of nitrogens with zero attached hydrogens (tertiary/aromatic N) is 1. The largest absolute Gasteiger partial charge is 0.351 e. The van der Waals surface area contributed by atoms with Crippen molar-refractivity contribution >= 4 is 50.8 Å². The van der Waals surface area contributed by atoms with Crippen LogP contribution in [0.1, 0.15) is 21.5 Å². The molecule has 156 valence electrons. The van der Waals surface area contributed by atoms with Gasteiger partial charge in [-0.25, -0.2) is 4.98 Å². The third-order valence-corrected chi connectivity index (χ3v) is 6.84. The number of thioether (sulfide) groups is 1. The molecule has 0 aliphatic heterocycles. The summed E-state index contributed by atoms with van der Waals surface area (Å²) in [5, 5.41) is 5.88. The molecule has 7 heteroatoms. The molecule has 31 heavy (non-hydrogen) atoms. The van der Waals surface area contributed by atoms with Gasteiger partial charge in [-0.3, -0.25) is 9.59 Å². The summed E-state index contributed by atoms with van der Waals surface area (Å²) in [7, 11) is 0. The maximum Gasteiger partial charge on any atom is 0.255 e. The third-order valence-electron chi connectivity index (χ3n) is 4.68. The Hall–Kier alpha value is -3.16. The Morgan fingerprint density at radius 2 is 1.77 bits per heavy atom. The van der Waals surface area contributed by atoms with Crippen LogP contribution in [-0.2, 0) is 11.3 Å². The van der Waals surface area contributed by atoms with E-state index in [1.165, 1.54) is 23.1 Å². The van der Waals surface area contributed by atoms with Gasteiger partial charge in [-0.2, -0.15) is 0 Å². The number of nitrogens with one attached hydrogen (secondary N) is 2. The van der Waals surface area contributed by atoms with E-state index in [0.29, 0.717) is 17.9 Å². The highest BCUT2D eigenvalue weighted by Gasteiger charge is 2.11. The smallest absolute Gasteiger partial charge is 0.255 e. The molecule has 4 aromatic rings. The number of carbonyl (C=O) groups is 2. The number of amides is 2. The number of fused-ring (bicyclic) bond motifs is 1. The lowest BCUT2D eigenvalue weighted by Crippen LogP contribution is -2.24. The zero-order valence-electron chi connectivity index (χ0n) is 16.9.